The van der Waals surface area contributed by atoms with E-state index in [1.807, 2.05) is 4.57 Å². The Morgan fingerprint density at radius 3 is 2.73 bits per heavy atom. The first-order valence-corrected chi connectivity index (χ1v) is 7.28. The molecule has 0 spiro atoms. The number of guanidine groups is 1. The molecule has 0 unspecified atom stereocenters. The molecule has 118 valence electrons. The molecule has 6 nitrogen and oxygen atoms in total. The lowest BCUT2D eigenvalue weighted by Crippen LogP contribution is -2.38. The highest BCUT2D eigenvalue weighted by Crippen LogP contribution is 2.01. The lowest BCUT2D eigenvalue weighted by atomic mass is 10.2. The Morgan fingerprint density at radius 2 is 2.05 bits per heavy atom. The summed E-state index contributed by atoms with van der Waals surface area (Å²) in [6.07, 6.45) is 2.59. The van der Waals surface area contributed by atoms with Crippen LogP contribution >= 0.6 is 0 Å². The Hall–Kier alpha value is -2.44. The van der Waals surface area contributed by atoms with Crippen molar-refractivity contribution in [3.8, 4) is 0 Å². The maximum absolute atomic E-state index is 12.8. The van der Waals surface area contributed by atoms with Gasteiger partial charge in [0.25, 0.3) is 0 Å². The molecule has 0 bridgehead atoms. The number of benzene rings is 1. The van der Waals surface area contributed by atoms with Gasteiger partial charge in [-0.15, -0.1) is 10.2 Å². The Balaban J connectivity index is 1.77. The summed E-state index contributed by atoms with van der Waals surface area (Å²) in [4.78, 5) is 4.16. The van der Waals surface area contributed by atoms with Crippen molar-refractivity contribution < 1.29 is 4.39 Å². The van der Waals surface area contributed by atoms with E-state index in [2.05, 4.69) is 32.7 Å². The molecule has 0 fully saturated rings. The van der Waals surface area contributed by atoms with E-state index >= 15 is 0 Å². The molecular formula is C15H21FN6. The maximum Gasteiger partial charge on any atom is 0.191 e. The first kappa shape index (κ1) is 15.9. The van der Waals surface area contributed by atoms with Gasteiger partial charge in [-0.2, -0.15) is 0 Å². The van der Waals surface area contributed by atoms with Crippen molar-refractivity contribution in [2.45, 2.75) is 26.4 Å². The summed E-state index contributed by atoms with van der Waals surface area (Å²) in [6.45, 7) is 4.13. The van der Waals surface area contributed by atoms with Gasteiger partial charge >= 0.3 is 0 Å². The van der Waals surface area contributed by atoms with E-state index in [0.717, 1.165) is 24.4 Å². The molecule has 1 aromatic heterocycles. The molecule has 0 aliphatic rings. The zero-order valence-electron chi connectivity index (χ0n) is 12.9. The van der Waals surface area contributed by atoms with Crippen LogP contribution in [0.25, 0.3) is 0 Å². The maximum atomic E-state index is 12.8. The Kier molecular flexibility index (Phi) is 5.88. The van der Waals surface area contributed by atoms with Gasteiger partial charge in [0.15, 0.2) is 5.96 Å². The van der Waals surface area contributed by atoms with Crippen molar-refractivity contribution in [2.75, 3.05) is 13.6 Å². The molecule has 0 aliphatic carbocycles. The van der Waals surface area contributed by atoms with Crippen molar-refractivity contribution in [3.05, 3.63) is 47.8 Å². The van der Waals surface area contributed by atoms with Crippen molar-refractivity contribution >= 4 is 5.96 Å². The van der Waals surface area contributed by atoms with Gasteiger partial charge in [-0.25, -0.2) is 4.39 Å². The summed E-state index contributed by atoms with van der Waals surface area (Å²) in [5, 5.41) is 14.4. The fourth-order valence-corrected chi connectivity index (χ4v) is 2.04. The Morgan fingerprint density at radius 1 is 1.27 bits per heavy atom. The molecule has 0 aliphatic heterocycles. The summed E-state index contributed by atoms with van der Waals surface area (Å²) in [7, 11) is 1.72. The molecule has 0 saturated heterocycles. The van der Waals surface area contributed by atoms with Crippen LogP contribution in [0.3, 0.4) is 0 Å². The summed E-state index contributed by atoms with van der Waals surface area (Å²) in [5.41, 5.74) is 0.997. The van der Waals surface area contributed by atoms with Gasteiger partial charge < -0.3 is 15.2 Å². The Bertz CT molecular complexity index is 605. The van der Waals surface area contributed by atoms with Crippen LogP contribution in [-0.4, -0.2) is 34.3 Å². The number of hydrogen-bond donors (Lipinski definition) is 2. The van der Waals surface area contributed by atoms with E-state index < -0.39 is 0 Å². The van der Waals surface area contributed by atoms with Crippen molar-refractivity contribution in [3.63, 3.8) is 0 Å². The third-order valence-corrected chi connectivity index (χ3v) is 3.25. The number of aromatic nitrogens is 3. The molecule has 22 heavy (non-hydrogen) atoms. The van der Waals surface area contributed by atoms with Crippen LogP contribution in [0.2, 0.25) is 0 Å². The third-order valence-electron chi connectivity index (χ3n) is 3.25. The third kappa shape index (κ3) is 4.54. The van der Waals surface area contributed by atoms with Gasteiger partial charge in [-0.1, -0.05) is 19.1 Å². The first-order chi connectivity index (χ1) is 10.7. The second-order valence-corrected chi connectivity index (χ2v) is 4.77. The van der Waals surface area contributed by atoms with Gasteiger partial charge in [-0.05, 0) is 17.7 Å². The fraction of sp³-hybridized carbons (Fsp3) is 0.400. The van der Waals surface area contributed by atoms with Gasteiger partial charge in [0.2, 0.25) is 0 Å². The molecule has 0 radical (unpaired) electrons. The number of aryl methyl sites for hydroxylation is 1. The number of nitrogens with zero attached hydrogens (tertiary/aromatic N) is 4. The molecule has 1 aromatic carbocycles. The number of nitrogens with one attached hydrogen (secondary N) is 2. The molecule has 0 atom stereocenters. The highest BCUT2D eigenvalue weighted by Gasteiger charge is 2.02. The zero-order chi connectivity index (χ0) is 15.8. The highest BCUT2D eigenvalue weighted by molar-refractivity contribution is 5.79. The fourth-order valence-electron chi connectivity index (χ4n) is 2.04. The minimum Gasteiger partial charge on any atom is -0.355 e. The van der Waals surface area contributed by atoms with E-state index in [-0.39, 0.29) is 5.82 Å². The quantitative estimate of drug-likeness (QED) is 0.624. The van der Waals surface area contributed by atoms with E-state index in [0.29, 0.717) is 19.0 Å². The van der Waals surface area contributed by atoms with Crippen LogP contribution in [0.15, 0.2) is 35.6 Å². The average molecular weight is 304 g/mol. The second kappa shape index (κ2) is 8.11. The lowest BCUT2D eigenvalue weighted by Gasteiger charge is -2.12. The topological polar surface area (TPSA) is 67.1 Å². The van der Waals surface area contributed by atoms with Crippen LogP contribution in [0.1, 0.15) is 18.3 Å². The average Bonchev–Trinajstić information content (AvgIpc) is 2.99. The van der Waals surface area contributed by atoms with Gasteiger partial charge in [0.1, 0.15) is 18.0 Å². The zero-order valence-corrected chi connectivity index (χ0v) is 12.9. The monoisotopic (exact) mass is 304 g/mol. The normalized spacial score (nSPS) is 11.5. The second-order valence-electron chi connectivity index (χ2n) is 4.77. The molecule has 0 amide bonds. The van der Waals surface area contributed by atoms with Crippen LogP contribution in [0.4, 0.5) is 4.39 Å². The predicted molar refractivity (Wildman–Crippen MR) is 84.0 cm³/mol. The molecule has 2 aromatic rings. The summed E-state index contributed by atoms with van der Waals surface area (Å²) in [6, 6.07) is 6.40. The molecule has 2 N–H and O–H groups in total. The summed E-state index contributed by atoms with van der Waals surface area (Å²) in [5.74, 6) is 1.44. The minimum atomic E-state index is -0.230. The summed E-state index contributed by atoms with van der Waals surface area (Å²) >= 11 is 0. The van der Waals surface area contributed by atoms with Crippen LogP contribution < -0.4 is 10.6 Å². The number of halogens is 1. The molecular weight excluding hydrogens is 283 g/mol. The van der Waals surface area contributed by atoms with E-state index in [9.17, 15) is 4.39 Å². The number of rotatable bonds is 6. The number of aliphatic imine (C=N–C) groups is 1. The molecule has 1 heterocycles. The summed E-state index contributed by atoms with van der Waals surface area (Å²) < 4.78 is 14.9. The van der Waals surface area contributed by atoms with Crippen molar-refractivity contribution in [1.82, 2.24) is 25.4 Å². The largest absolute Gasteiger partial charge is 0.355 e. The molecule has 0 saturated carbocycles. The molecule has 2 rings (SSSR count). The highest BCUT2D eigenvalue weighted by atomic mass is 19.1. The minimum absolute atomic E-state index is 0.230. The van der Waals surface area contributed by atoms with Crippen molar-refractivity contribution in [2.24, 2.45) is 4.99 Å². The van der Waals surface area contributed by atoms with Crippen molar-refractivity contribution in [1.29, 1.82) is 0 Å². The van der Waals surface area contributed by atoms with E-state index in [4.69, 9.17) is 0 Å². The SMILES string of the molecule is CCc1nncn1CCNC(=NC)NCc1ccc(F)cc1. The van der Waals surface area contributed by atoms with Crippen LogP contribution in [0, 0.1) is 5.82 Å². The predicted octanol–water partition coefficient (Wildman–Crippen LogP) is 1.34. The van der Waals surface area contributed by atoms with E-state index in [1.165, 1.54) is 12.1 Å². The van der Waals surface area contributed by atoms with Crippen LogP contribution in [-0.2, 0) is 19.5 Å². The van der Waals surface area contributed by atoms with Crippen LogP contribution in [0.5, 0.6) is 0 Å². The van der Waals surface area contributed by atoms with Gasteiger partial charge in [0.05, 0.1) is 0 Å². The van der Waals surface area contributed by atoms with Gasteiger partial charge in [-0.3, -0.25) is 4.99 Å². The molecule has 7 heteroatoms. The Labute approximate surface area is 129 Å². The lowest BCUT2D eigenvalue weighted by molar-refractivity contribution is 0.625. The van der Waals surface area contributed by atoms with Gasteiger partial charge in [0, 0.05) is 33.1 Å². The smallest absolute Gasteiger partial charge is 0.191 e. The number of hydrogen-bond acceptors (Lipinski definition) is 3. The van der Waals surface area contributed by atoms with E-state index in [1.54, 1.807) is 25.5 Å². The first-order valence-electron chi connectivity index (χ1n) is 7.28. The standard InChI is InChI=1S/C15H21FN6/c1-3-14-21-20-11-22(14)9-8-18-15(17-2)19-10-12-4-6-13(16)7-5-12/h4-7,11H,3,8-10H2,1-2H3,(H2,17,18,19).